The molecule has 1 N–H and O–H groups in total. The minimum atomic E-state index is 0.0961. The third kappa shape index (κ3) is 1.03. The number of amides is 1. The van der Waals surface area contributed by atoms with Gasteiger partial charge in [0.2, 0.25) is 5.91 Å². The third-order valence-corrected chi connectivity index (χ3v) is 0.832. The predicted molar refractivity (Wildman–Crippen MR) is 25.2 cm³/mol. The molecule has 0 aromatic carbocycles. The molecule has 2 nitrogen and oxygen atoms in total. The molecule has 0 aromatic heterocycles. The van der Waals surface area contributed by atoms with E-state index in [1.165, 1.54) is 0 Å². The molecule has 7 heavy (non-hydrogen) atoms. The van der Waals surface area contributed by atoms with E-state index in [9.17, 15) is 4.79 Å². The van der Waals surface area contributed by atoms with Crippen molar-refractivity contribution in [3.05, 3.63) is 12.3 Å². The molecule has 1 heterocycles. The smallest absolute Gasteiger partial charge is 0.224 e. The van der Waals surface area contributed by atoms with E-state index in [0.29, 0.717) is 6.42 Å². The normalized spacial score (nSPS) is 19.1. The molecule has 2 heteroatoms. The summed E-state index contributed by atoms with van der Waals surface area (Å²) in [7, 11) is 0. The number of rotatable bonds is 0. The standard InChI is InChI=1S/C5H6NO/c7-5-3-1-2-4-6-5/h4H,1,3H2,(H,6,7). The summed E-state index contributed by atoms with van der Waals surface area (Å²) in [5.74, 6) is 0.0961. The van der Waals surface area contributed by atoms with Gasteiger partial charge in [-0.15, -0.1) is 0 Å². The minimum Gasteiger partial charge on any atom is -0.332 e. The van der Waals surface area contributed by atoms with E-state index >= 15 is 0 Å². The maximum Gasteiger partial charge on any atom is 0.224 e. The first kappa shape index (κ1) is 4.37. The lowest BCUT2D eigenvalue weighted by atomic mass is 10.2. The van der Waals surface area contributed by atoms with Crippen LogP contribution in [0.25, 0.3) is 0 Å². The van der Waals surface area contributed by atoms with Crippen LogP contribution in [0, 0.1) is 6.08 Å². The Labute approximate surface area is 42.2 Å². The maximum absolute atomic E-state index is 10.3. The molecule has 1 aliphatic rings. The molecule has 1 amide bonds. The van der Waals surface area contributed by atoms with E-state index < -0.39 is 0 Å². The van der Waals surface area contributed by atoms with E-state index in [-0.39, 0.29) is 5.91 Å². The van der Waals surface area contributed by atoms with Gasteiger partial charge in [-0.25, -0.2) is 0 Å². The van der Waals surface area contributed by atoms with Crippen LogP contribution in [0.4, 0.5) is 0 Å². The summed E-state index contributed by atoms with van der Waals surface area (Å²) in [6.07, 6.45) is 5.78. The van der Waals surface area contributed by atoms with Crippen molar-refractivity contribution in [3.63, 3.8) is 0 Å². The quantitative estimate of drug-likeness (QED) is 0.459. The second-order valence-electron chi connectivity index (χ2n) is 1.42. The first-order chi connectivity index (χ1) is 3.39. The average Bonchev–Trinajstić information content (AvgIpc) is 1.69. The van der Waals surface area contributed by atoms with Gasteiger partial charge < -0.3 is 5.32 Å². The van der Waals surface area contributed by atoms with E-state index in [2.05, 4.69) is 11.4 Å². The molecule has 1 aliphatic heterocycles. The molecule has 0 saturated heterocycles. The highest BCUT2D eigenvalue weighted by Crippen LogP contribution is 1.93. The zero-order valence-corrected chi connectivity index (χ0v) is 3.90. The molecule has 37 valence electrons. The zero-order chi connectivity index (χ0) is 5.11. The summed E-state index contributed by atoms with van der Waals surface area (Å²) < 4.78 is 0. The fourth-order valence-corrected chi connectivity index (χ4v) is 0.462. The highest BCUT2D eigenvalue weighted by atomic mass is 16.1. The zero-order valence-electron chi connectivity index (χ0n) is 3.90. The Morgan fingerprint density at radius 3 is 3.00 bits per heavy atom. The number of nitrogens with one attached hydrogen (secondary N) is 1. The predicted octanol–water partition coefficient (Wildman–Crippen LogP) is 0.213. The first-order valence-corrected chi connectivity index (χ1v) is 2.24. The molecule has 0 atom stereocenters. The lowest BCUT2D eigenvalue weighted by molar-refractivity contribution is -0.120. The van der Waals surface area contributed by atoms with E-state index in [4.69, 9.17) is 0 Å². The molecular formula is C5H6NO. The molecular weight excluding hydrogens is 90.1 g/mol. The topological polar surface area (TPSA) is 29.1 Å². The Kier molecular flexibility index (Phi) is 1.11. The largest absolute Gasteiger partial charge is 0.332 e. The molecule has 0 unspecified atom stereocenters. The number of carbonyl (C=O) groups is 1. The van der Waals surface area contributed by atoms with Crippen molar-refractivity contribution in [2.75, 3.05) is 0 Å². The molecule has 0 bridgehead atoms. The van der Waals surface area contributed by atoms with Gasteiger partial charge in [-0.1, -0.05) is 0 Å². The monoisotopic (exact) mass is 96.0 g/mol. The SMILES string of the molecule is O=C1CC[C]=CN1. The van der Waals surface area contributed by atoms with Crippen molar-refractivity contribution in [1.82, 2.24) is 5.32 Å². The van der Waals surface area contributed by atoms with Crippen LogP contribution in [-0.2, 0) is 4.79 Å². The van der Waals surface area contributed by atoms with Gasteiger partial charge in [0.15, 0.2) is 0 Å². The summed E-state index contributed by atoms with van der Waals surface area (Å²) in [5, 5.41) is 2.51. The molecule has 1 rings (SSSR count). The molecule has 0 saturated carbocycles. The number of allylic oxidation sites excluding steroid dienone is 1. The molecule has 0 aromatic rings. The highest BCUT2D eigenvalue weighted by Gasteiger charge is 1.98. The van der Waals surface area contributed by atoms with Crippen LogP contribution >= 0.6 is 0 Å². The fourth-order valence-electron chi connectivity index (χ4n) is 0.462. The van der Waals surface area contributed by atoms with Crippen LogP contribution in [0.5, 0.6) is 0 Å². The van der Waals surface area contributed by atoms with E-state index in [1.807, 2.05) is 0 Å². The minimum absolute atomic E-state index is 0.0961. The van der Waals surface area contributed by atoms with Gasteiger partial charge in [-0.2, -0.15) is 0 Å². The van der Waals surface area contributed by atoms with Crippen LogP contribution in [-0.4, -0.2) is 5.91 Å². The van der Waals surface area contributed by atoms with Gasteiger partial charge in [-0.3, -0.25) is 4.79 Å². The fraction of sp³-hybridized carbons (Fsp3) is 0.400. The van der Waals surface area contributed by atoms with Crippen LogP contribution in [0.1, 0.15) is 12.8 Å². The number of hydrogen-bond donors (Lipinski definition) is 1. The lowest BCUT2D eigenvalue weighted by Gasteiger charge is -2.00. The summed E-state index contributed by atoms with van der Waals surface area (Å²) >= 11 is 0. The summed E-state index contributed by atoms with van der Waals surface area (Å²) in [6.45, 7) is 0. The van der Waals surface area contributed by atoms with Crippen LogP contribution in [0.2, 0.25) is 0 Å². The maximum atomic E-state index is 10.3. The van der Waals surface area contributed by atoms with Crippen LogP contribution in [0.3, 0.4) is 0 Å². The molecule has 1 radical (unpaired) electrons. The van der Waals surface area contributed by atoms with Crippen molar-refractivity contribution < 1.29 is 4.79 Å². The van der Waals surface area contributed by atoms with Gasteiger partial charge >= 0.3 is 0 Å². The second-order valence-corrected chi connectivity index (χ2v) is 1.42. The van der Waals surface area contributed by atoms with E-state index in [0.717, 1.165) is 6.42 Å². The first-order valence-electron chi connectivity index (χ1n) is 2.24. The Hall–Kier alpha value is -0.790. The summed E-state index contributed by atoms with van der Waals surface area (Å²) in [5.41, 5.74) is 0. The average molecular weight is 96.1 g/mol. The van der Waals surface area contributed by atoms with Crippen LogP contribution < -0.4 is 5.32 Å². The van der Waals surface area contributed by atoms with Gasteiger partial charge in [0, 0.05) is 12.6 Å². The lowest BCUT2D eigenvalue weighted by Crippen LogP contribution is -2.19. The van der Waals surface area contributed by atoms with E-state index in [1.54, 1.807) is 6.20 Å². The van der Waals surface area contributed by atoms with Crippen molar-refractivity contribution in [3.8, 4) is 0 Å². The highest BCUT2D eigenvalue weighted by molar-refractivity contribution is 5.77. The molecule has 0 spiro atoms. The number of hydrogen-bond acceptors (Lipinski definition) is 1. The third-order valence-electron chi connectivity index (χ3n) is 0.832. The summed E-state index contributed by atoms with van der Waals surface area (Å²) in [4.78, 5) is 10.3. The van der Waals surface area contributed by atoms with Gasteiger partial charge in [0.05, 0.1) is 0 Å². The number of carbonyl (C=O) groups excluding carboxylic acids is 1. The van der Waals surface area contributed by atoms with Crippen molar-refractivity contribution in [2.45, 2.75) is 12.8 Å². The van der Waals surface area contributed by atoms with Crippen molar-refractivity contribution in [1.29, 1.82) is 0 Å². The molecule has 0 aliphatic carbocycles. The Balaban J connectivity index is 2.47. The second kappa shape index (κ2) is 1.78. The van der Waals surface area contributed by atoms with Gasteiger partial charge in [-0.05, 0) is 12.5 Å². The van der Waals surface area contributed by atoms with Gasteiger partial charge in [0.1, 0.15) is 0 Å². The van der Waals surface area contributed by atoms with Crippen molar-refractivity contribution in [2.24, 2.45) is 0 Å². The van der Waals surface area contributed by atoms with Gasteiger partial charge in [0.25, 0.3) is 0 Å². The molecule has 0 fully saturated rings. The van der Waals surface area contributed by atoms with Crippen LogP contribution in [0.15, 0.2) is 6.20 Å². The Morgan fingerprint density at radius 2 is 2.71 bits per heavy atom. The summed E-state index contributed by atoms with van der Waals surface area (Å²) in [6, 6.07) is 0. The van der Waals surface area contributed by atoms with Crippen molar-refractivity contribution >= 4 is 5.91 Å². The Morgan fingerprint density at radius 1 is 1.86 bits per heavy atom. The Bertz CT molecular complexity index is 107.